The molecule has 0 aliphatic heterocycles. The van der Waals surface area contributed by atoms with Crippen LogP contribution in [0.2, 0.25) is 0 Å². The zero-order chi connectivity index (χ0) is 13.9. The minimum atomic E-state index is 0.563. The van der Waals surface area contributed by atoms with E-state index >= 15 is 0 Å². The van der Waals surface area contributed by atoms with Crippen LogP contribution in [0.3, 0.4) is 0 Å². The first kappa shape index (κ1) is 12.6. The lowest BCUT2D eigenvalue weighted by atomic mass is 10.2. The van der Waals surface area contributed by atoms with Gasteiger partial charge < -0.3 is 14.0 Å². The van der Waals surface area contributed by atoms with Crippen LogP contribution in [0.25, 0.3) is 10.9 Å². The van der Waals surface area contributed by atoms with E-state index in [0.717, 1.165) is 11.5 Å². The van der Waals surface area contributed by atoms with Crippen molar-refractivity contribution in [3.05, 3.63) is 60.3 Å². The summed E-state index contributed by atoms with van der Waals surface area (Å²) in [5.74, 6) is 1.68. The van der Waals surface area contributed by atoms with Gasteiger partial charge in [0.25, 0.3) is 0 Å². The van der Waals surface area contributed by atoms with Crippen molar-refractivity contribution in [2.75, 3.05) is 7.11 Å². The molecular weight excluding hydrogens is 250 g/mol. The Bertz CT molecular complexity index is 713. The van der Waals surface area contributed by atoms with Crippen LogP contribution in [-0.4, -0.2) is 11.7 Å². The van der Waals surface area contributed by atoms with Gasteiger partial charge >= 0.3 is 0 Å². The molecule has 20 heavy (non-hydrogen) atoms. The molecule has 0 atom stereocenters. The standard InChI is InChI=1S/C17H17NO2/c1-18-11-13(16-5-3-4-6-17(16)18)12-20-15-9-7-14(19-2)8-10-15/h3-11H,12H2,1-2H3. The number of nitrogens with zero attached hydrogens (tertiary/aromatic N) is 1. The summed E-state index contributed by atoms with van der Waals surface area (Å²) in [5.41, 5.74) is 2.42. The molecule has 0 radical (unpaired) electrons. The minimum absolute atomic E-state index is 0.563. The second-order valence-electron chi connectivity index (χ2n) is 4.75. The summed E-state index contributed by atoms with van der Waals surface area (Å²) in [6.45, 7) is 0.563. The number of aryl methyl sites for hydroxylation is 1. The van der Waals surface area contributed by atoms with Crippen molar-refractivity contribution in [1.82, 2.24) is 4.57 Å². The van der Waals surface area contributed by atoms with Gasteiger partial charge in [-0.15, -0.1) is 0 Å². The van der Waals surface area contributed by atoms with Gasteiger partial charge in [-0.1, -0.05) is 18.2 Å². The Labute approximate surface area is 118 Å². The first-order valence-corrected chi connectivity index (χ1v) is 6.58. The average Bonchev–Trinajstić information content (AvgIpc) is 2.83. The molecule has 2 aromatic carbocycles. The first-order valence-electron chi connectivity index (χ1n) is 6.58. The second kappa shape index (κ2) is 5.29. The van der Waals surface area contributed by atoms with E-state index < -0.39 is 0 Å². The second-order valence-corrected chi connectivity index (χ2v) is 4.75. The zero-order valence-corrected chi connectivity index (χ0v) is 11.7. The monoisotopic (exact) mass is 267 g/mol. The number of aromatic nitrogens is 1. The van der Waals surface area contributed by atoms with E-state index in [4.69, 9.17) is 9.47 Å². The summed E-state index contributed by atoms with van der Waals surface area (Å²) in [5, 5.41) is 1.24. The molecule has 3 aromatic rings. The largest absolute Gasteiger partial charge is 0.497 e. The molecule has 0 N–H and O–H groups in total. The summed E-state index contributed by atoms with van der Waals surface area (Å²) in [4.78, 5) is 0. The van der Waals surface area contributed by atoms with Crippen molar-refractivity contribution in [1.29, 1.82) is 0 Å². The van der Waals surface area contributed by atoms with Gasteiger partial charge in [-0.05, 0) is 30.3 Å². The molecule has 0 saturated carbocycles. The molecule has 0 spiro atoms. The Morgan fingerprint density at radius 3 is 2.40 bits per heavy atom. The summed E-state index contributed by atoms with van der Waals surface area (Å²) in [6, 6.07) is 16.0. The van der Waals surface area contributed by atoms with Crippen LogP contribution in [-0.2, 0) is 13.7 Å². The number of methoxy groups -OCH3 is 1. The fourth-order valence-corrected chi connectivity index (χ4v) is 2.37. The number of benzene rings is 2. The number of rotatable bonds is 4. The van der Waals surface area contributed by atoms with Gasteiger partial charge in [0.1, 0.15) is 18.1 Å². The number of hydrogen-bond donors (Lipinski definition) is 0. The van der Waals surface area contributed by atoms with Gasteiger partial charge in [0.05, 0.1) is 7.11 Å². The van der Waals surface area contributed by atoms with E-state index in [-0.39, 0.29) is 0 Å². The SMILES string of the molecule is COc1ccc(OCc2cn(C)c3ccccc23)cc1. The average molecular weight is 267 g/mol. The van der Waals surface area contributed by atoms with Crippen molar-refractivity contribution < 1.29 is 9.47 Å². The normalized spacial score (nSPS) is 10.7. The van der Waals surface area contributed by atoms with Gasteiger partial charge in [0, 0.05) is 29.7 Å². The highest BCUT2D eigenvalue weighted by Crippen LogP contribution is 2.23. The van der Waals surface area contributed by atoms with Crippen molar-refractivity contribution in [3.63, 3.8) is 0 Å². The molecule has 3 heteroatoms. The summed E-state index contributed by atoms with van der Waals surface area (Å²) in [7, 11) is 3.71. The summed E-state index contributed by atoms with van der Waals surface area (Å²) >= 11 is 0. The Morgan fingerprint density at radius 2 is 1.65 bits per heavy atom. The predicted octanol–water partition coefficient (Wildman–Crippen LogP) is 3.77. The zero-order valence-electron chi connectivity index (χ0n) is 11.7. The van der Waals surface area contributed by atoms with Crippen molar-refractivity contribution in [2.24, 2.45) is 7.05 Å². The van der Waals surface area contributed by atoms with E-state index in [1.807, 2.05) is 24.3 Å². The van der Waals surface area contributed by atoms with E-state index in [1.54, 1.807) is 7.11 Å². The topological polar surface area (TPSA) is 23.4 Å². The van der Waals surface area contributed by atoms with Crippen molar-refractivity contribution >= 4 is 10.9 Å². The Balaban J connectivity index is 1.79. The lowest BCUT2D eigenvalue weighted by Gasteiger charge is -2.06. The highest BCUT2D eigenvalue weighted by atomic mass is 16.5. The molecule has 0 saturated heterocycles. The third-order valence-electron chi connectivity index (χ3n) is 3.43. The van der Waals surface area contributed by atoms with Crippen LogP contribution >= 0.6 is 0 Å². The quantitative estimate of drug-likeness (QED) is 0.718. The highest BCUT2D eigenvalue weighted by Gasteiger charge is 2.06. The molecule has 3 rings (SSSR count). The molecule has 0 unspecified atom stereocenters. The fraction of sp³-hybridized carbons (Fsp3) is 0.176. The molecule has 0 bridgehead atoms. The smallest absolute Gasteiger partial charge is 0.120 e. The molecule has 1 aromatic heterocycles. The molecular formula is C17H17NO2. The van der Waals surface area contributed by atoms with Crippen LogP contribution in [0.15, 0.2) is 54.7 Å². The molecule has 1 heterocycles. The van der Waals surface area contributed by atoms with E-state index in [0.29, 0.717) is 6.61 Å². The van der Waals surface area contributed by atoms with Gasteiger partial charge in [-0.3, -0.25) is 0 Å². The van der Waals surface area contributed by atoms with Crippen LogP contribution in [0.1, 0.15) is 5.56 Å². The summed E-state index contributed by atoms with van der Waals surface area (Å²) in [6.07, 6.45) is 2.12. The van der Waals surface area contributed by atoms with Gasteiger partial charge in [0.2, 0.25) is 0 Å². The van der Waals surface area contributed by atoms with Crippen LogP contribution in [0.5, 0.6) is 11.5 Å². The van der Waals surface area contributed by atoms with E-state index in [2.05, 4.69) is 42.1 Å². The fourth-order valence-electron chi connectivity index (χ4n) is 2.37. The lowest BCUT2D eigenvalue weighted by Crippen LogP contribution is -1.94. The molecule has 0 aliphatic carbocycles. The van der Waals surface area contributed by atoms with Gasteiger partial charge in [0.15, 0.2) is 0 Å². The first-order chi connectivity index (χ1) is 9.78. The maximum Gasteiger partial charge on any atom is 0.120 e. The maximum absolute atomic E-state index is 5.84. The van der Waals surface area contributed by atoms with Crippen molar-refractivity contribution in [3.8, 4) is 11.5 Å². The summed E-state index contributed by atoms with van der Waals surface area (Å²) < 4.78 is 13.1. The van der Waals surface area contributed by atoms with Gasteiger partial charge in [-0.25, -0.2) is 0 Å². The van der Waals surface area contributed by atoms with Gasteiger partial charge in [-0.2, -0.15) is 0 Å². The number of ether oxygens (including phenoxy) is 2. The molecule has 102 valence electrons. The van der Waals surface area contributed by atoms with Crippen LogP contribution in [0.4, 0.5) is 0 Å². The Morgan fingerprint density at radius 1 is 0.950 bits per heavy atom. The molecule has 3 nitrogen and oxygen atoms in total. The minimum Gasteiger partial charge on any atom is -0.497 e. The third-order valence-corrected chi connectivity index (χ3v) is 3.43. The number of fused-ring (bicyclic) bond motifs is 1. The Kier molecular flexibility index (Phi) is 3.33. The molecule has 0 fully saturated rings. The molecule has 0 aliphatic rings. The third kappa shape index (κ3) is 2.35. The number of para-hydroxylation sites is 1. The maximum atomic E-state index is 5.84. The van der Waals surface area contributed by atoms with Crippen LogP contribution < -0.4 is 9.47 Å². The molecule has 0 amide bonds. The van der Waals surface area contributed by atoms with Crippen molar-refractivity contribution in [2.45, 2.75) is 6.61 Å². The number of hydrogen-bond acceptors (Lipinski definition) is 2. The Hall–Kier alpha value is -2.42. The van der Waals surface area contributed by atoms with Crippen LogP contribution in [0, 0.1) is 0 Å². The van der Waals surface area contributed by atoms with E-state index in [1.165, 1.54) is 16.5 Å². The highest BCUT2D eigenvalue weighted by molar-refractivity contribution is 5.83. The van der Waals surface area contributed by atoms with E-state index in [9.17, 15) is 0 Å². The lowest BCUT2D eigenvalue weighted by molar-refractivity contribution is 0.306. The predicted molar refractivity (Wildman–Crippen MR) is 80.2 cm³/mol.